The zero-order chi connectivity index (χ0) is 12.3. The van der Waals surface area contributed by atoms with Gasteiger partial charge in [-0.05, 0) is 43.0 Å². The minimum absolute atomic E-state index is 0.218. The fraction of sp³-hybridized carbons (Fsp3) is 0.500. The van der Waals surface area contributed by atoms with Crippen molar-refractivity contribution < 1.29 is 4.79 Å². The Balaban J connectivity index is 2.33. The second-order valence-electron chi connectivity index (χ2n) is 4.50. The molecule has 92 valence electrons. The third-order valence-corrected chi connectivity index (χ3v) is 3.30. The maximum atomic E-state index is 11.9. The molecule has 0 atom stereocenters. The Morgan fingerprint density at radius 1 is 1.47 bits per heavy atom. The number of rotatable bonds is 3. The Bertz CT molecular complexity index is 415. The summed E-state index contributed by atoms with van der Waals surface area (Å²) in [5.74, 6) is 0.218. The SMILES string of the molecule is CCC(=O)N1CCCc2ccc(CCN)cc21. The van der Waals surface area contributed by atoms with E-state index in [0.29, 0.717) is 13.0 Å². The van der Waals surface area contributed by atoms with Crippen molar-refractivity contribution in [1.82, 2.24) is 0 Å². The Kier molecular flexibility index (Phi) is 3.79. The van der Waals surface area contributed by atoms with Crippen LogP contribution < -0.4 is 10.6 Å². The molecule has 0 radical (unpaired) electrons. The minimum atomic E-state index is 0.218. The third kappa shape index (κ3) is 2.50. The monoisotopic (exact) mass is 232 g/mol. The molecule has 1 aromatic carbocycles. The molecule has 1 amide bonds. The van der Waals surface area contributed by atoms with Crippen molar-refractivity contribution in [3.63, 3.8) is 0 Å². The van der Waals surface area contributed by atoms with E-state index in [1.807, 2.05) is 11.8 Å². The smallest absolute Gasteiger partial charge is 0.226 e. The predicted molar refractivity (Wildman–Crippen MR) is 70.2 cm³/mol. The Morgan fingerprint density at radius 2 is 2.29 bits per heavy atom. The van der Waals surface area contributed by atoms with Crippen molar-refractivity contribution in [2.24, 2.45) is 5.73 Å². The average molecular weight is 232 g/mol. The van der Waals surface area contributed by atoms with E-state index in [-0.39, 0.29) is 5.91 Å². The lowest BCUT2D eigenvalue weighted by Gasteiger charge is -2.29. The molecule has 2 rings (SSSR count). The molecule has 1 heterocycles. The van der Waals surface area contributed by atoms with Gasteiger partial charge in [0.25, 0.3) is 0 Å². The van der Waals surface area contributed by atoms with E-state index in [0.717, 1.165) is 31.5 Å². The van der Waals surface area contributed by atoms with Gasteiger partial charge in [0.1, 0.15) is 0 Å². The number of nitrogens with zero attached hydrogens (tertiary/aromatic N) is 1. The predicted octanol–water partition coefficient (Wildman–Crippen LogP) is 1.88. The number of nitrogens with two attached hydrogens (primary N) is 1. The fourth-order valence-corrected chi connectivity index (χ4v) is 2.39. The summed E-state index contributed by atoms with van der Waals surface area (Å²) in [5.41, 5.74) is 9.20. The van der Waals surface area contributed by atoms with E-state index in [1.165, 1.54) is 11.1 Å². The van der Waals surface area contributed by atoms with Crippen LogP contribution in [0.25, 0.3) is 0 Å². The molecule has 1 aliphatic heterocycles. The van der Waals surface area contributed by atoms with Gasteiger partial charge in [-0.15, -0.1) is 0 Å². The van der Waals surface area contributed by atoms with Crippen molar-refractivity contribution in [3.05, 3.63) is 29.3 Å². The van der Waals surface area contributed by atoms with Gasteiger partial charge in [-0.3, -0.25) is 4.79 Å². The van der Waals surface area contributed by atoms with E-state index < -0.39 is 0 Å². The maximum Gasteiger partial charge on any atom is 0.226 e. The first-order valence-corrected chi connectivity index (χ1v) is 6.38. The number of amides is 1. The summed E-state index contributed by atoms with van der Waals surface area (Å²) in [6, 6.07) is 6.41. The third-order valence-electron chi connectivity index (χ3n) is 3.30. The molecular formula is C14H20N2O. The number of aryl methyl sites for hydroxylation is 1. The lowest BCUT2D eigenvalue weighted by molar-refractivity contribution is -0.118. The van der Waals surface area contributed by atoms with Crippen LogP contribution in [-0.2, 0) is 17.6 Å². The van der Waals surface area contributed by atoms with Crippen molar-refractivity contribution in [2.75, 3.05) is 18.0 Å². The highest BCUT2D eigenvalue weighted by molar-refractivity contribution is 5.94. The van der Waals surface area contributed by atoms with Crippen molar-refractivity contribution in [2.45, 2.75) is 32.6 Å². The van der Waals surface area contributed by atoms with Crippen LogP contribution in [0.2, 0.25) is 0 Å². The van der Waals surface area contributed by atoms with Gasteiger partial charge in [-0.1, -0.05) is 19.1 Å². The average Bonchev–Trinajstić information content (AvgIpc) is 2.37. The summed E-state index contributed by atoms with van der Waals surface area (Å²) in [5, 5.41) is 0. The highest BCUT2D eigenvalue weighted by atomic mass is 16.2. The number of carbonyl (C=O) groups excluding carboxylic acids is 1. The molecule has 0 aromatic heterocycles. The molecule has 0 saturated carbocycles. The van der Waals surface area contributed by atoms with Crippen LogP contribution in [0, 0.1) is 0 Å². The molecule has 2 N–H and O–H groups in total. The minimum Gasteiger partial charge on any atom is -0.330 e. The number of fused-ring (bicyclic) bond motifs is 1. The van der Waals surface area contributed by atoms with Gasteiger partial charge in [-0.25, -0.2) is 0 Å². The lowest BCUT2D eigenvalue weighted by Crippen LogP contribution is -2.35. The molecule has 0 saturated heterocycles. The molecule has 17 heavy (non-hydrogen) atoms. The van der Waals surface area contributed by atoms with E-state index in [9.17, 15) is 4.79 Å². The van der Waals surface area contributed by atoms with Gasteiger partial charge in [-0.2, -0.15) is 0 Å². The first-order chi connectivity index (χ1) is 8.26. The Hall–Kier alpha value is -1.35. The van der Waals surface area contributed by atoms with Crippen LogP contribution in [0.5, 0.6) is 0 Å². The largest absolute Gasteiger partial charge is 0.330 e. The number of hydrogen-bond acceptors (Lipinski definition) is 2. The van der Waals surface area contributed by atoms with Crippen molar-refractivity contribution >= 4 is 11.6 Å². The number of hydrogen-bond donors (Lipinski definition) is 1. The Morgan fingerprint density at radius 3 is 3.00 bits per heavy atom. The van der Waals surface area contributed by atoms with Crippen molar-refractivity contribution in [1.29, 1.82) is 0 Å². The van der Waals surface area contributed by atoms with Crippen LogP contribution in [0.4, 0.5) is 5.69 Å². The van der Waals surface area contributed by atoms with E-state index in [4.69, 9.17) is 5.73 Å². The lowest BCUT2D eigenvalue weighted by atomic mass is 9.98. The maximum absolute atomic E-state index is 11.9. The van der Waals surface area contributed by atoms with Gasteiger partial charge in [0.05, 0.1) is 0 Å². The zero-order valence-corrected chi connectivity index (χ0v) is 10.4. The molecule has 0 aliphatic carbocycles. The summed E-state index contributed by atoms with van der Waals surface area (Å²) in [4.78, 5) is 13.8. The first-order valence-electron chi connectivity index (χ1n) is 6.38. The first kappa shape index (κ1) is 12.1. The number of benzene rings is 1. The summed E-state index contributed by atoms with van der Waals surface area (Å²) < 4.78 is 0. The van der Waals surface area contributed by atoms with Gasteiger partial charge in [0.15, 0.2) is 0 Å². The highest BCUT2D eigenvalue weighted by Gasteiger charge is 2.21. The highest BCUT2D eigenvalue weighted by Crippen LogP contribution is 2.28. The fourth-order valence-electron chi connectivity index (χ4n) is 2.39. The van der Waals surface area contributed by atoms with Gasteiger partial charge in [0, 0.05) is 18.7 Å². The summed E-state index contributed by atoms with van der Waals surface area (Å²) in [6.07, 6.45) is 3.59. The zero-order valence-electron chi connectivity index (χ0n) is 10.4. The van der Waals surface area contributed by atoms with Crippen LogP contribution in [0.1, 0.15) is 30.9 Å². The second-order valence-corrected chi connectivity index (χ2v) is 4.50. The normalized spacial score (nSPS) is 14.6. The van der Waals surface area contributed by atoms with Crippen LogP contribution in [0.3, 0.4) is 0 Å². The summed E-state index contributed by atoms with van der Waals surface area (Å²) in [6.45, 7) is 3.42. The van der Waals surface area contributed by atoms with Crippen LogP contribution in [0.15, 0.2) is 18.2 Å². The molecule has 3 heteroatoms. The molecule has 1 aliphatic rings. The van der Waals surface area contributed by atoms with Gasteiger partial charge < -0.3 is 10.6 Å². The van der Waals surface area contributed by atoms with Crippen LogP contribution >= 0.6 is 0 Å². The molecule has 0 unspecified atom stereocenters. The molecule has 0 spiro atoms. The standard InChI is InChI=1S/C14H20N2O/c1-2-14(17)16-9-3-4-12-6-5-11(7-8-15)10-13(12)16/h5-6,10H,2-4,7-9,15H2,1H3. The van der Waals surface area contributed by atoms with Crippen LogP contribution in [-0.4, -0.2) is 19.0 Å². The molecule has 0 fully saturated rings. The topological polar surface area (TPSA) is 46.3 Å². The molecule has 1 aromatic rings. The summed E-state index contributed by atoms with van der Waals surface area (Å²) in [7, 11) is 0. The molecule has 0 bridgehead atoms. The van der Waals surface area contributed by atoms with Gasteiger partial charge >= 0.3 is 0 Å². The van der Waals surface area contributed by atoms with E-state index in [2.05, 4.69) is 18.2 Å². The quantitative estimate of drug-likeness (QED) is 0.865. The molecular weight excluding hydrogens is 212 g/mol. The van der Waals surface area contributed by atoms with Gasteiger partial charge in [0.2, 0.25) is 5.91 Å². The Labute approximate surface area is 103 Å². The number of carbonyl (C=O) groups is 1. The van der Waals surface area contributed by atoms with Crippen molar-refractivity contribution in [3.8, 4) is 0 Å². The summed E-state index contributed by atoms with van der Waals surface area (Å²) >= 11 is 0. The molecule has 3 nitrogen and oxygen atoms in total. The van der Waals surface area contributed by atoms with E-state index in [1.54, 1.807) is 0 Å². The van der Waals surface area contributed by atoms with E-state index >= 15 is 0 Å². The second kappa shape index (κ2) is 5.32. The number of anilines is 1.